The number of methoxy groups -OCH3 is 1. The van der Waals surface area contributed by atoms with E-state index < -0.39 is 0 Å². The van der Waals surface area contributed by atoms with Crippen LogP contribution in [0.5, 0.6) is 0 Å². The Morgan fingerprint density at radius 2 is 1.74 bits per heavy atom. The quantitative estimate of drug-likeness (QED) is 0.746. The molecule has 0 spiro atoms. The molecule has 114 valence electrons. The maximum Gasteiger partial charge on any atom is 0.0637 e. The molecule has 0 amide bonds. The van der Waals surface area contributed by atoms with Crippen molar-refractivity contribution in [2.45, 2.75) is 78.4 Å². The first-order valence-corrected chi connectivity index (χ1v) is 8.16. The molecule has 1 fully saturated rings. The summed E-state index contributed by atoms with van der Waals surface area (Å²) in [6.45, 7) is 12.6. The van der Waals surface area contributed by atoms with E-state index in [2.05, 4.69) is 39.9 Å². The molecule has 1 saturated carbocycles. The first-order valence-electron chi connectivity index (χ1n) is 8.16. The number of nitrogens with one attached hydrogen (secondary N) is 1. The van der Waals surface area contributed by atoms with Crippen LogP contribution >= 0.6 is 0 Å². The number of ether oxygens (including phenoxy) is 1. The molecular formula is C17H35NO. The molecular weight excluding hydrogens is 234 g/mol. The fourth-order valence-electron chi connectivity index (χ4n) is 3.69. The van der Waals surface area contributed by atoms with Gasteiger partial charge in [-0.25, -0.2) is 0 Å². The summed E-state index contributed by atoms with van der Waals surface area (Å²) in [6, 6.07) is 0.611. The summed E-state index contributed by atoms with van der Waals surface area (Å²) in [6.07, 6.45) is 6.50. The maximum absolute atomic E-state index is 5.65. The van der Waals surface area contributed by atoms with Gasteiger partial charge in [0.2, 0.25) is 0 Å². The van der Waals surface area contributed by atoms with Crippen molar-refractivity contribution in [3.8, 4) is 0 Å². The van der Waals surface area contributed by atoms with Crippen molar-refractivity contribution in [3.05, 3.63) is 0 Å². The van der Waals surface area contributed by atoms with Gasteiger partial charge in [0.15, 0.2) is 0 Å². The Balaban J connectivity index is 2.66. The van der Waals surface area contributed by atoms with E-state index in [1.165, 1.54) is 25.7 Å². The zero-order chi connectivity index (χ0) is 14.5. The standard InChI is InChI=1S/C17H35NO/c1-7-8-18-16(12-17(4,5)19-6)15-10-13(2)9-14(3)11-15/h13-16,18H,7-12H2,1-6H3. The Hall–Kier alpha value is -0.0800. The van der Waals surface area contributed by atoms with Crippen LogP contribution in [0.25, 0.3) is 0 Å². The van der Waals surface area contributed by atoms with Crippen LogP contribution in [-0.2, 0) is 4.74 Å². The lowest BCUT2D eigenvalue weighted by Crippen LogP contribution is -2.45. The van der Waals surface area contributed by atoms with E-state index in [4.69, 9.17) is 4.74 Å². The smallest absolute Gasteiger partial charge is 0.0637 e. The molecule has 0 aliphatic heterocycles. The average Bonchev–Trinajstić information content (AvgIpc) is 2.33. The van der Waals surface area contributed by atoms with Gasteiger partial charge in [-0.2, -0.15) is 0 Å². The van der Waals surface area contributed by atoms with Crippen LogP contribution < -0.4 is 5.32 Å². The Bertz CT molecular complexity index is 242. The van der Waals surface area contributed by atoms with Crippen LogP contribution in [0.4, 0.5) is 0 Å². The largest absolute Gasteiger partial charge is 0.379 e. The molecule has 2 heteroatoms. The first-order chi connectivity index (χ1) is 8.88. The molecule has 1 N–H and O–H groups in total. The van der Waals surface area contributed by atoms with E-state index in [-0.39, 0.29) is 5.60 Å². The van der Waals surface area contributed by atoms with E-state index in [1.54, 1.807) is 0 Å². The molecule has 0 heterocycles. The summed E-state index contributed by atoms with van der Waals surface area (Å²) in [4.78, 5) is 0. The molecule has 0 saturated heterocycles. The molecule has 3 unspecified atom stereocenters. The molecule has 0 bridgehead atoms. The highest BCUT2D eigenvalue weighted by molar-refractivity contribution is 4.88. The fourth-order valence-corrected chi connectivity index (χ4v) is 3.69. The molecule has 1 aliphatic rings. The highest BCUT2D eigenvalue weighted by Crippen LogP contribution is 2.36. The third-order valence-corrected chi connectivity index (χ3v) is 4.70. The lowest BCUT2D eigenvalue weighted by atomic mass is 9.72. The Morgan fingerprint density at radius 3 is 2.21 bits per heavy atom. The minimum absolute atomic E-state index is 0.0185. The summed E-state index contributed by atoms with van der Waals surface area (Å²) >= 11 is 0. The summed E-state index contributed by atoms with van der Waals surface area (Å²) in [5, 5.41) is 3.79. The minimum atomic E-state index is -0.0185. The van der Waals surface area contributed by atoms with Gasteiger partial charge in [-0.05, 0) is 70.3 Å². The Morgan fingerprint density at radius 1 is 1.16 bits per heavy atom. The number of hydrogen-bond donors (Lipinski definition) is 1. The highest BCUT2D eigenvalue weighted by Gasteiger charge is 2.33. The molecule has 19 heavy (non-hydrogen) atoms. The molecule has 0 aromatic rings. The van der Waals surface area contributed by atoms with Crippen LogP contribution in [0.1, 0.15) is 66.7 Å². The third-order valence-electron chi connectivity index (χ3n) is 4.70. The average molecular weight is 269 g/mol. The van der Waals surface area contributed by atoms with E-state index in [1.807, 2.05) is 7.11 Å². The van der Waals surface area contributed by atoms with E-state index in [9.17, 15) is 0 Å². The second kappa shape index (κ2) is 7.64. The molecule has 3 atom stereocenters. The van der Waals surface area contributed by atoms with Crippen molar-refractivity contribution in [2.24, 2.45) is 17.8 Å². The van der Waals surface area contributed by atoms with Crippen molar-refractivity contribution < 1.29 is 4.74 Å². The number of hydrogen-bond acceptors (Lipinski definition) is 2. The van der Waals surface area contributed by atoms with Gasteiger partial charge < -0.3 is 10.1 Å². The highest BCUT2D eigenvalue weighted by atomic mass is 16.5. The van der Waals surface area contributed by atoms with E-state index >= 15 is 0 Å². The lowest BCUT2D eigenvalue weighted by Gasteiger charge is -2.40. The molecule has 1 rings (SSSR count). The minimum Gasteiger partial charge on any atom is -0.379 e. The van der Waals surface area contributed by atoms with Crippen LogP contribution in [0.3, 0.4) is 0 Å². The van der Waals surface area contributed by atoms with Gasteiger partial charge in [0.1, 0.15) is 0 Å². The van der Waals surface area contributed by atoms with Gasteiger partial charge in [-0.3, -0.25) is 0 Å². The van der Waals surface area contributed by atoms with Crippen molar-refractivity contribution >= 4 is 0 Å². The van der Waals surface area contributed by atoms with E-state index in [0.29, 0.717) is 6.04 Å². The summed E-state index contributed by atoms with van der Waals surface area (Å²) in [7, 11) is 1.84. The van der Waals surface area contributed by atoms with Crippen LogP contribution in [0.15, 0.2) is 0 Å². The summed E-state index contributed by atoms with van der Waals surface area (Å²) in [5.41, 5.74) is -0.0185. The zero-order valence-electron chi connectivity index (χ0n) is 14.0. The van der Waals surface area contributed by atoms with Crippen molar-refractivity contribution in [2.75, 3.05) is 13.7 Å². The summed E-state index contributed by atoms with van der Waals surface area (Å²) in [5.74, 6) is 2.58. The maximum atomic E-state index is 5.65. The second-order valence-corrected chi connectivity index (χ2v) is 7.41. The molecule has 1 aliphatic carbocycles. The summed E-state index contributed by atoms with van der Waals surface area (Å²) < 4.78 is 5.65. The first kappa shape index (κ1) is 17.0. The van der Waals surface area contributed by atoms with Crippen molar-refractivity contribution in [1.82, 2.24) is 5.32 Å². The Labute approximate surface area is 120 Å². The number of rotatable bonds is 7. The van der Waals surface area contributed by atoms with Gasteiger partial charge in [-0.15, -0.1) is 0 Å². The van der Waals surface area contributed by atoms with Crippen LogP contribution in [0, 0.1) is 17.8 Å². The predicted octanol–water partition coefficient (Wildman–Crippen LogP) is 4.24. The molecule has 0 aromatic heterocycles. The molecule has 0 aromatic carbocycles. The lowest BCUT2D eigenvalue weighted by molar-refractivity contribution is -0.00349. The molecule has 2 nitrogen and oxygen atoms in total. The van der Waals surface area contributed by atoms with Gasteiger partial charge in [0.05, 0.1) is 5.60 Å². The fraction of sp³-hybridized carbons (Fsp3) is 1.00. The normalized spacial score (nSPS) is 30.3. The van der Waals surface area contributed by atoms with Crippen molar-refractivity contribution in [1.29, 1.82) is 0 Å². The van der Waals surface area contributed by atoms with Gasteiger partial charge in [0, 0.05) is 13.2 Å². The zero-order valence-corrected chi connectivity index (χ0v) is 14.0. The topological polar surface area (TPSA) is 21.3 Å². The van der Waals surface area contributed by atoms with Crippen LogP contribution in [0.2, 0.25) is 0 Å². The SMILES string of the molecule is CCCNC(CC(C)(C)OC)C1CC(C)CC(C)C1. The van der Waals surface area contributed by atoms with Gasteiger partial charge in [0.25, 0.3) is 0 Å². The van der Waals surface area contributed by atoms with Crippen LogP contribution in [-0.4, -0.2) is 25.3 Å². The predicted molar refractivity (Wildman–Crippen MR) is 83.5 cm³/mol. The van der Waals surface area contributed by atoms with E-state index in [0.717, 1.165) is 30.7 Å². The third kappa shape index (κ3) is 5.83. The molecule has 0 radical (unpaired) electrons. The van der Waals surface area contributed by atoms with Gasteiger partial charge in [-0.1, -0.05) is 20.8 Å². The van der Waals surface area contributed by atoms with Gasteiger partial charge >= 0.3 is 0 Å². The monoisotopic (exact) mass is 269 g/mol. The Kier molecular flexibility index (Phi) is 6.82. The second-order valence-electron chi connectivity index (χ2n) is 7.41. The van der Waals surface area contributed by atoms with Crippen molar-refractivity contribution in [3.63, 3.8) is 0 Å².